The fraction of sp³-hybridized carbons (Fsp3) is 0.143. The number of rotatable bonds is 3. The topological polar surface area (TPSA) is 43.6 Å². The number of ether oxygens (including phenoxy) is 1. The Balaban J connectivity index is 1.84. The number of hydrogen-bond acceptors (Lipinski definition) is 4. The van der Waals surface area contributed by atoms with Crippen LogP contribution in [0.5, 0.6) is 5.75 Å². The quantitative estimate of drug-likeness (QED) is 0.746. The van der Waals surface area contributed by atoms with Crippen molar-refractivity contribution in [1.29, 1.82) is 0 Å². The summed E-state index contributed by atoms with van der Waals surface area (Å²) in [6, 6.07) is 6.91. The summed E-state index contributed by atoms with van der Waals surface area (Å²) in [6.07, 6.45) is 1.71. The Morgan fingerprint density at radius 3 is 3.05 bits per heavy atom. The van der Waals surface area contributed by atoms with Crippen molar-refractivity contribution in [3.05, 3.63) is 62.5 Å². The molecule has 0 spiro atoms. The van der Waals surface area contributed by atoms with E-state index in [0.29, 0.717) is 15.7 Å². The van der Waals surface area contributed by atoms with Gasteiger partial charge in [0.1, 0.15) is 12.4 Å². The molecule has 0 unspecified atom stereocenters. The molecule has 0 fully saturated rings. The van der Waals surface area contributed by atoms with Crippen LogP contribution < -0.4 is 10.3 Å². The van der Waals surface area contributed by atoms with Gasteiger partial charge in [0, 0.05) is 22.7 Å². The van der Waals surface area contributed by atoms with Crippen molar-refractivity contribution in [3.63, 3.8) is 0 Å². The molecule has 0 aliphatic heterocycles. The van der Waals surface area contributed by atoms with Crippen LogP contribution in [0.25, 0.3) is 4.96 Å². The van der Waals surface area contributed by atoms with Crippen LogP contribution in [-0.4, -0.2) is 9.38 Å². The third-order valence-corrected chi connectivity index (χ3v) is 3.86. The van der Waals surface area contributed by atoms with Crippen molar-refractivity contribution in [3.8, 4) is 5.75 Å². The summed E-state index contributed by atoms with van der Waals surface area (Å²) in [6.45, 7) is 2.18. The Morgan fingerprint density at radius 1 is 1.40 bits per heavy atom. The molecule has 20 heavy (non-hydrogen) atoms. The van der Waals surface area contributed by atoms with Gasteiger partial charge in [-0.15, -0.1) is 11.3 Å². The number of hydrogen-bond donors (Lipinski definition) is 0. The maximum Gasteiger partial charge on any atom is 0.258 e. The standard InChI is InChI=1S/C14H11ClN2O2S/c1-9-6-10(15)2-3-12(9)19-8-11-7-13(18)17-4-5-20-14(17)16-11/h2-7H,8H2,1H3. The van der Waals surface area contributed by atoms with Crippen molar-refractivity contribution < 1.29 is 4.74 Å². The monoisotopic (exact) mass is 306 g/mol. The molecule has 0 radical (unpaired) electrons. The molecule has 6 heteroatoms. The largest absolute Gasteiger partial charge is 0.487 e. The molecule has 0 bridgehead atoms. The molecule has 3 aromatic rings. The summed E-state index contributed by atoms with van der Waals surface area (Å²) in [5.74, 6) is 0.738. The van der Waals surface area contributed by atoms with Gasteiger partial charge in [-0.1, -0.05) is 11.6 Å². The summed E-state index contributed by atoms with van der Waals surface area (Å²) in [5.41, 5.74) is 1.47. The van der Waals surface area contributed by atoms with E-state index in [2.05, 4.69) is 4.98 Å². The van der Waals surface area contributed by atoms with Crippen LogP contribution in [0.3, 0.4) is 0 Å². The minimum atomic E-state index is -0.0947. The highest BCUT2D eigenvalue weighted by molar-refractivity contribution is 7.15. The lowest BCUT2D eigenvalue weighted by Gasteiger charge is -2.08. The summed E-state index contributed by atoms with van der Waals surface area (Å²) in [4.78, 5) is 16.9. The van der Waals surface area contributed by atoms with E-state index in [4.69, 9.17) is 16.3 Å². The zero-order chi connectivity index (χ0) is 14.1. The maximum atomic E-state index is 11.8. The summed E-state index contributed by atoms with van der Waals surface area (Å²) >= 11 is 7.32. The second-order valence-corrected chi connectivity index (χ2v) is 5.65. The summed E-state index contributed by atoms with van der Waals surface area (Å²) in [7, 11) is 0. The van der Waals surface area contributed by atoms with Crippen LogP contribution in [0.15, 0.2) is 40.6 Å². The molecule has 0 aliphatic carbocycles. The third kappa shape index (κ3) is 2.55. The molecule has 102 valence electrons. The Kier molecular flexibility index (Phi) is 3.46. The van der Waals surface area contributed by atoms with Gasteiger partial charge in [0.05, 0.1) is 5.69 Å². The molecule has 0 atom stereocenters. The summed E-state index contributed by atoms with van der Waals surface area (Å²) < 4.78 is 7.21. The third-order valence-electron chi connectivity index (χ3n) is 2.87. The van der Waals surface area contributed by atoms with E-state index in [1.807, 2.05) is 24.4 Å². The minimum absolute atomic E-state index is 0.0947. The molecular weight excluding hydrogens is 296 g/mol. The van der Waals surface area contributed by atoms with Gasteiger partial charge in [0.15, 0.2) is 4.96 Å². The van der Waals surface area contributed by atoms with Gasteiger partial charge < -0.3 is 4.74 Å². The lowest BCUT2D eigenvalue weighted by molar-refractivity contribution is 0.299. The Hall–Kier alpha value is -1.85. The molecule has 0 N–H and O–H groups in total. The van der Waals surface area contributed by atoms with Crippen molar-refractivity contribution >= 4 is 27.9 Å². The first-order chi connectivity index (χ1) is 9.63. The molecule has 2 heterocycles. The van der Waals surface area contributed by atoms with Gasteiger partial charge in [-0.3, -0.25) is 9.20 Å². The van der Waals surface area contributed by atoms with Gasteiger partial charge in [-0.2, -0.15) is 0 Å². The maximum absolute atomic E-state index is 11.8. The predicted octanol–water partition coefficient (Wildman–Crippen LogP) is 3.30. The van der Waals surface area contributed by atoms with E-state index in [9.17, 15) is 4.79 Å². The SMILES string of the molecule is Cc1cc(Cl)ccc1OCc1cc(=O)n2ccsc2n1. The Morgan fingerprint density at radius 2 is 2.25 bits per heavy atom. The highest BCUT2D eigenvalue weighted by Crippen LogP contribution is 2.22. The fourth-order valence-corrected chi connectivity index (χ4v) is 2.85. The first-order valence-corrected chi connectivity index (χ1v) is 7.24. The van der Waals surface area contributed by atoms with Crippen molar-refractivity contribution in [2.24, 2.45) is 0 Å². The van der Waals surface area contributed by atoms with Crippen molar-refractivity contribution in [2.75, 3.05) is 0 Å². The van der Waals surface area contributed by atoms with Crippen LogP contribution in [0, 0.1) is 6.92 Å². The fourth-order valence-electron chi connectivity index (χ4n) is 1.89. The lowest BCUT2D eigenvalue weighted by Crippen LogP contribution is -2.14. The van der Waals surface area contributed by atoms with Crippen LogP contribution in [-0.2, 0) is 6.61 Å². The first kappa shape index (κ1) is 13.1. The van der Waals surface area contributed by atoms with Gasteiger partial charge in [0.25, 0.3) is 5.56 Å². The number of halogens is 1. The van der Waals surface area contributed by atoms with Gasteiger partial charge in [0.2, 0.25) is 0 Å². The smallest absolute Gasteiger partial charge is 0.258 e. The summed E-state index contributed by atoms with van der Waals surface area (Å²) in [5, 5.41) is 2.50. The minimum Gasteiger partial charge on any atom is -0.487 e. The average Bonchev–Trinajstić information content (AvgIpc) is 2.86. The van der Waals surface area contributed by atoms with E-state index >= 15 is 0 Å². The van der Waals surface area contributed by atoms with Crippen LogP contribution >= 0.6 is 22.9 Å². The molecule has 0 saturated carbocycles. The van der Waals surface area contributed by atoms with Gasteiger partial charge in [-0.05, 0) is 30.7 Å². The molecule has 0 saturated heterocycles. The highest BCUT2D eigenvalue weighted by atomic mass is 35.5. The van der Waals surface area contributed by atoms with E-state index in [1.165, 1.54) is 21.8 Å². The number of fused-ring (bicyclic) bond motifs is 1. The van der Waals surface area contributed by atoms with Gasteiger partial charge >= 0.3 is 0 Å². The molecule has 4 nitrogen and oxygen atoms in total. The number of benzene rings is 1. The molecule has 2 aromatic heterocycles. The molecular formula is C14H11ClN2O2S. The number of aromatic nitrogens is 2. The highest BCUT2D eigenvalue weighted by Gasteiger charge is 2.05. The predicted molar refractivity (Wildman–Crippen MR) is 79.9 cm³/mol. The van der Waals surface area contributed by atoms with E-state index in [-0.39, 0.29) is 12.2 Å². The Bertz CT molecular complexity index is 825. The lowest BCUT2D eigenvalue weighted by atomic mass is 10.2. The van der Waals surface area contributed by atoms with Crippen LogP contribution in [0.1, 0.15) is 11.3 Å². The number of nitrogens with zero attached hydrogens (tertiary/aromatic N) is 2. The van der Waals surface area contributed by atoms with E-state index in [1.54, 1.807) is 12.3 Å². The molecule has 0 amide bonds. The zero-order valence-corrected chi connectivity index (χ0v) is 12.2. The molecule has 3 rings (SSSR count). The average molecular weight is 307 g/mol. The molecule has 1 aromatic carbocycles. The van der Waals surface area contributed by atoms with Gasteiger partial charge in [-0.25, -0.2) is 4.98 Å². The molecule has 0 aliphatic rings. The zero-order valence-electron chi connectivity index (χ0n) is 10.7. The van der Waals surface area contributed by atoms with Crippen LogP contribution in [0.4, 0.5) is 0 Å². The second-order valence-electron chi connectivity index (χ2n) is 4.34. The number of aryl methyl sites for hydroxylation is 1. The van der Waals surface area contributed by atoms with Crippen molar-refractivity contribution in [2.45, 2.75) is 13.5 Å². The normalized spacial score (nSPS) is 10.9. The Labute approximate surface area is 124 Å². The number of thiazole rings is 1. The van der Waals surface area contributed by atoms with Crippen molar-refractivity contribution in [1.82, 2.24) is 9.38 Å². The van der Waals surface area contributed by atoms with Crippen LogP contribution in [0.2, 0.25) is 5.02 Å². The first-order valence-electron chi connectivity index (χ1n) is 5.98. The second kappa shape index (κ2) is 5.26. The van der Waals surface area contributed by atoms with E-state index in [0.717, 1.165) is 11.3 Å². The van der Waals surface area contributed by atoms with E-state index < -0.39 is 0 Å².